The number of aliphatic carboxylic acids is 1. The van der Waals surface area contributed by atoms with Gasteiger partial charge in [0.15, 0.2) is 5.96 Å². The molecule has 12 N–H and O–H groups in total. The SMILES string of the molecule is NCCCCC(N)C(=O)NC(CCCN=C(N)N)C(=O)N1CCCC1C(=O)NC(Cc1ccc(O)cc1)C(=O)O. The number of aromatic hydroxyl groups is 1. The first-order valence-electron chi connectivity index (χ1n) is 13.5. The third-order valence-corrected chi connectivity index (χ3v) is 6.70. The fourth-order valence-corrected chi connectivity index (χ4v) is 4.52. The van der Waals surface area contributed by atoms with E-state index in [1.54, 1.807) is 12.1 Å². The van der Waals surface area contributed by atoms with Gasteiger partial charge < -0.3 is 48.7 Å². The largest absolute Gasteiger partial charge is 0.508 e. The molecule has 0 saturated carbocycles. The molecule has 1 fully saturated rings. The van der Waals surface area contributed by atoms with Crippen LogP contribution in [0, 0.1) is 0 Å². The van der Waals surface area contributed by atoms with E-state index in [-0.39, 0.29) is 37.6 Å². The number of benzene rings is 1. The average Bonchev–Trinajstić information content (AvgIpc) is 3.40. The number of carboxylic acids is 1. The summed E-state index contributed by atoms with van der Waals surface area (Å²) in [5.74, 6) is -2.83. The predicted molar refractivity (Wildman–Crippen MR) is 149 cm³/mol. The van der Waals surface area contributed by atoms with Gasteiger partial charge in [0.05, 0.1) is 6.04 Å². The molecule has 40 heavy (non-hydrogen) atoms. The molecular formula is C26H42N8O6. The lowest BCUT2D eigenvalue weighted by atomic mass is 10.0. The summed E-state index contributed by atoms with van der Waals surface area (Å²) >= 11 is 0. The van der Waals surface area contributed by atoms with Crippen LogP contribution in [0.25, 0.3) is 0 Å². The predicted octanol–water partition coefficient (Wildman–Crippen LogP) is -1.51. The quantitative estimate of drug-likeness (QED) is 0.0656. The highest BCUT2D eigenvalue weighted by atomic mass is 16.4. The van der Waals surface area contributed by atoms with Crippen LogP contribution in [0.3, 0.4) is 0 Å². The minimum atomic E-state index is -1.24. The molecule has 0 spiro atoms. The van der Waals surface area contributed by atoms with Gasteiger partial charge in [0.1, 0.15) is 23.9 Å². The maximum Gasteiger partial charge on any atom is 0.326 e. The highest BCUT2D eigenvalue weighted by Crippen LogP contribution is 2.21. The fourth-order valence-electron chi connectivity index (χ4n) is 4.52. The lowest BCUT2D eigenvalue weighted by molar-refractivity contribution is -0.145. The number of unbranched alkanes of at least 4 members (excludes halogenated alkanes) is 1. The van der Waals surface area contributed by atoms with Crippen molar-refractivity contribution in [3.05, 3.63) is 29.8 Å². The second-order valence-electron chi connectivity index (χ2n) is 9.86. The van der Waals surface area contributed by atoms with Gasteiger partial charge in [-0.1, -0.05) is 18.6 Å². The number of hydrogen-bond donors (Lipinski definition) is 8. The van der Waals surface area contributed by atoms with E-state index in [1.165, 1.54) is 17.0 Å². The standard InChI is InChI=1S/C26H42N8O6/c27-12-2-1-5-18(28)22(36)32-19(6-3-13-31-26(29)30)24(38)34-14-4-7-21(34)23(37)33-20(25(39)40)15-16-8-10-17(35)11-9-16/h8-11,18-21,35H,1-7,12-15,27-28H2,(H,32,36)(H,33,37)(H,39,40)(H4,29,30,31). The number of phenols is 1. The van der Waals surface area contributed by atoms with Crippen LogP contribution in [0.15, 0.2) is 29.3 Å². The number of carbonyl (C=O) groups excluding carboxylic acids is 3. The molecule has 1 aliphatic rings. The first kappa shape index (κ1) is 32.3. The molecule has 0 bridgehead atoms. The van der Waals surface area contributed by atoms with Crippen LogP contribution < -0.4 is 33.6 Å². The number of guanidine groups is 1. The zero-order valence-corrected chi connectivity index (χ0v) is 22.6. The summed E-state index contributed by atoms with van der Waals surface area (Å²) in [6.45, 7) is 0.998. The van der Waals surface area contributed by atoms with E-state index in [0.717, 1.165) is 6.42 Å². The highest BCUT2D eigenvalue weighted by Gasteiger charge is 2.39. The van der Waals surface area contributed by atoms with Crippen molar-refractivity contribution < 1.29 is 29.4 Å². The third kappa shape index (κ3) is 10.3. The van der Waals surface area contributed by atoms with E-state index >= 15 is 0 Å². The van der Waals surface area contributed by atoms with Crippen molar-refractivity contribution in [3.63, 3.8) is 0 Å². The topological polar surface area (TPSA) is 252 Å². The van der Waals surface area contributed by atoms with Gasteiger partial charge in [-0.2, -0.15) is 0 Å². The molecule has 0 aliphatic carbocycles. The van der Waals surface area contributed by atoms with Crippen LogP contribution in [0.4, 0.5) is 0 Å². The van der Waals surface area contributed by atoms with Gasteiger partial charge in [-0.3, -0.25) is 19.4 Å². The zero-order chi connectivity index (χ0) is 29.7. The van der Waals surface area contributed by atoms with Crippen molar-refractivity contribution in [3.8, 4) is 5.75 Å². The van der Waals surface area contributed by atoms with Crippen LogP contribution >= 0.6 is 0 Å². The molecule has 1 heterocycles. The summed E-state index contributed by atoms with van der Waals surface area (Å²) in [5.41, 5.74) is 22.9. The molecule has 0 radical (unpaired) electrons. The Bertz CT molecular complexity index is 1030. The lowest BCUT2D eigenvalue weighted by Crippen LogP contribution is -2.57. The molecule has 2 rings (SSSR count). The number of nitrogens with two attached hydrogens (primary N) is 4. The second-order valence-corrected chi connectivity index (χ2v) is 9.86. The number of hydrogen-bond acceptors (Lipinski definition) is 8. The highest BCUT2D eigenvalue weighted by molar-refractivity contribution is 5.94. The Labute approximate surface area is 233 Å². The smallest absolute Gasteiger partial charge is 0.326 e. The molecular weight excluding hydrogens is 520 g/mol. The normalized spacial score (nSPS) is 16.9. The number of phenolic OH excluding ortho intramolecular Hbond substituents is 1. The number of likely N-dealkylation sites (tertiary alicyclic amines) is 1. The Hall–Kier alpha value is -3.91. The van der Waals surface area contributed by atoms with E-state index in [1.807, 2.05) is 0 Å². The molecule has 14 heteroatoms. The van der Waals surface area contributed by atoms with Crippen molar-refractivity contribution in [1.82, 2.24) is 15.5 Å². The first-order chi connectivity index (χ1) is 19.0. The van der Waals surface area contributed by atoms with Gasteiger partial charge in [-0.05, 0) is 62.8 Å². The molecule has 0 aromatic heterocycles. The Morgan fingerprint density at radius 3 is 2.35 bits per heavy atom. The molecule has 1 aromatic rings. The summed E-state index contributed by atoms with van der Waals surface area (Å²) in [6.07, 6.45) is 3.25. The van der Waals surface area contributed by atoms with Crippen molar-refractivity contribution in [2.75, 3.05) is 19.6 Å². The fraction of sp³-hybridized carbons (Fsp3) is 0.577. The molecule has 3 amide bonds. The van der Waals surface area contributed by atoms with Gasteiger partial charge >= 0.3 is 5.97 Å². The summed E-state index contributed by atoms with van der Waals surface area (Å²) in [7, 11) is 0. The minimum Gasteiger partial charge on any atom is -0.508 e. The van der Waals surface area contributed by atoms with Crippen LogP contribution in [-0.4, -0.2) is 88.6 Å². The molecule has 4 atom stereocenters. The second kappa shape index (κ2) is 16.3. The van der Waals surface area contributed by atoms with E-state index in [9.17, 15) is 29.4 Å². The molecule has 4 unspecified atom stereocenters. The van der Waals surface area contributed by atoms with Crippen molar-refractivity contribution in [2.45, 2.75) is 75.5 Å². The van der Waals surface area contributed by atoms with Crippen LogP contribution in [-0.2, 0) is 25.6 Å². The summed E-state index contributed by atoms with van der Waals surface area (Å²) in [5, 5.41) is 24.4. The van der Waals surface area contributed by atoms with Crippen molar-refractivity contribution in [2.24, 2.45) is 27.9 Å². The van der Waals surface area contributed by atoms with E-state index in [2.05, 4.69) is 15.6 Å². The monoisotopic (exact) mass is 562 g/mol. The zero-order valence-electron chi connectivity index (χ0n) is 22.6. The number of rotatable bonds is 16. The number of nitrogens with zero attached hydrogens (tertiary/aromatic N) is 2. The Morgan fingerprint density at radius 1 is 1.02 bits per heavy atom. The maximum atomic E-state index is 13.6. The number of carboxylic acid groups (broad SMARTS) is 1. The van der Waals surface area contributed by atoms with E-state index in [0.29, 0.717) is 44.2 Å². The molecule has 1 aromatic carbocycles. The third-order valence-electron chi connectivity index (χ3n) is 6.70. The minimum absolute atomic E-state index is 0.00641. The van der Waals surface area contributed by atoms with Gasteiger partial charge in [0.2, 0.25) is 17.7 Å². The number of nitrogens with one attached hydrogen (secondary N) is 2. The molecule has 1 aliphatic heterocycles. The number of aliphatic imine (C=N–C) groups is 1. The Morgan fingerprint density at radius 2 is 1.73 bits per heavy atom. The Balaban J connectivity index is 2.12. The van der Waals surface area contributed by atoms with Gasteiger partial charge in [0.25, 0.3) is 0 Å². The molecule has 1 saturated heterocycles. The van der Waals surface area contributed by atoms with Crippen molar-refractivity contribution in [1.29, 1.82) is 0 Å². The van der Waals surface area contributed by atoms with Crippen molar-refractivity contribution >= 4 is 29.7 Å². The van der Waals surface area contributed by atoms with Crippen LogP contribution in [0.2, 0.25) is 0 Å². The van der Waals surface area contributed by atoms with Crippen LogP contribution in [0.5, 0.6) is 5.75 Å². The van der Waals surface area contributed by atoms with Gasteiger partial charge in [-0.15, -0.1) is 0 Å². The Kier molecular flexibility index (Phi) is 13.1. The molecule has 14 nitrogen and oxygen atoms in total. The number of carbonyl (C=O) groups is 4. The van der Waals surface area contributed by atoms with Crippen LogP contribution in [0.1, 0.15) is 50.5 Å². The summed E-state index contributed by atoms with van der Waals surface area (Å²) in [6, 6.07) is 2.06. The first-order valence-corrected chi connectivity index (χ1v) is 13.5. The lowest BCUT2D eigenvalue weighted by Gasteiger charge is -2.30. The maximum absolute atomic E-state index is 13.6. The van der Waals surface area contributed by atoms with E-state index < -0.39 is 47.9 Å². The number of amides is 3. The van der Waals surface area contributed by atoms with Gasteiger partial charge in [0, 0.05) is 19.5 Å². The average molecular weight is 563 g/mol. The van der Waals surface area contributed by atoms with Gasteiger partial charge in [-0.25, -0.2) is 4.79 Å². The summed E-state index contributed by atoms with van der Waals surface area (Å²) in [4.78, 5) is 56.7. The molecule has 222 valence electrons. The van der Waals surface area contributed by atoms with E-state index in [4.69, 9.17) is 22.9 Å². The summed E-state index contributed by atoms with van der Waals surface area (Å²) < 4.78 is 0.